The van der Waals surface area contributed by atoms with Gasteiger partial charge in [-0.2, -0.15) is 0 Å². The summed E-state index contributed by atoms with van der Waals surface area (Å²) < 4.78 is 0. The van der Waals surface area contributed by atoms with E-state index in [0.717, 1.165) is 12.8 Å². The highest BCUT2D eigenvalue weighted by molar-refractivity contribution is 5.26. The van der Waals surface area contributed by atoms with Gasteiger partial charge in [0.05, 0.1) is 5.60 Å². The van der Waals surface area contributed by atoms with Crippen molar-refractivity contribution in [1.29, 1.82) is 0 Å². The second-order valence-electron chi connectivity index (χ2n) is 4.26. The lowest BCUT2D eigenvalue weighted by Crippen LogP contribution is -2.19. The first-order valence-corrected chi connectivity index (χ1v) is 4.59. The van der Waals surface area contributed by atoms with Gasteiger partial charge in [-0.3, -0.25) is 0 Å². The zero-order chi connectivity index (χ0) is 7.90. The average Bonchev–Trinajstić information content (AvgIpc) is 2.21. The summed E-state index contributed by atoms with van der Waals surface area (Å²) in [5.41, 5.74) is 2.75. The van der Waals surface area contributed by atoms with E-state index < -0.39 is 5.60 Å². The molecular weight excluding hydrogens is 136 g/mol. The summed E-state index contributed by atoms with van der Waals surface area (Å²) in [7, 11) is 0. The molecule has 0 amide bonds. The lowest BCUT2D eigenvalue weighted by atomic mass is 9.94. The van der Waals surface area contributed by atoms with Crippen LogP contribution in [0.4, 0.5) is 0 Å². The molecular formula is C10H16O. The fraction of sp³-hybridized carbons (Fsp3) is 0.800. The molecule has 0 aliphatic heterocycles. The normalized spacial score (nSPS) is 28.9. The Morgan fingerprint density at radius 1 is 1.09 bits per heavy atom. The third-order valence-electron chi connectivity index (χ3n) is 2.90. The minimum absolute atomic E-state index is 0.394. The van der Waals surface area contributed by atoms with Crippen molar-refractivity contribution in [3.8, 4) is 0 Å². The van der Waals surface area contributed by atoms with Crippen molar-refractivity contribution in [2.24, 2.45) is 0 Å². The number of hydrogen-bond acceptors (Lipinski definition) is 1. The molecule has 62 valence electrons. The van der Waals surface area contributed by atoms with E-state index in [4.69, 9.17) is 0 Å². The molecule has 0 atom stereocenters. The minimum atomic E-state index is -0.394. The van der Waals surface area contributed by atoms with Gasteiger partial charge in [0, 0.05) is 0 Å². The highest BCUT2D eigenvalue weighted by Crippen LogP contribution is 2.41. The fourth-order valence-corrected chi connectivity index (χ4v) is 2.44. The van der Waals surface area contributed by atoms with Crippen LogP contribution in [0.3, 0.4) is 0 Å². The van der Waals surface area contributed by atoms with Crippen molar-refractivity contribution in [3.05, 3.63) is 11.1 Å². The van der Waals surface area contributed by atoms with E-state index in [1.54, 1.807) is 11.1 Å². The third kappa shape index (κ3) is 1.34. The average molecular weight is 152 g/mol. The molecule has 0 aromatic rings. The monoisotopic (exact) mass is 152 g/mol. The van der Waals surface area contributed by atoms with Crippen LogP contribution in [-0.4, -0.2) is 10.7 Å². The maximum atomic E-state index is 9.78. The molecule has 0 saturated carbocycles. The summed E-state index contributed by atoms with van der Waals surface area (Å²) in [4.78, 5) is 0. The molecule has 2 aliphatic rings. The van der Waals surface area contributed by atoms with Crippen LogP contribution in [0.5, 0.6) is 0 Å². The van der Waals surface area contributed by atoms with E-state index in [1.165, 1.54) is 25.7 Å². The Hall–Kier alpha value is -0.300. The van der Waals surface area contributed by atoms with Crippen molar-refractivity contribution >= 4 is 0 Å². The van der Waals surface area contributed by atoms with Crippen molar-refractivity contribution < 1.29 is 5.11 Å². The molecule has 1 heteroatoms. The second-order valence-corrected chi connectivity index (χ2v) is 4.26. The van der Waals surface area contributed by atoms with Gasteiger partial charge in [-0.25, -0.2) is 0 Å². The summed E-state index contributed by atoms with van der Waals surface area (Å²) in [6.07, 6.45) is 7.09. The Balaban J connectivity index is 2.16. The maximum absolute atomic E-state index is 9.78. The van der Waals surface area contributed by atoms with Gasteiger partial charge in [0.2, 0.25) is 0 Å². The van der Waals surface area contributed by atoms with Crippen LogP contribution in [0, 0.1) is 0 Å². The van der Waals surface area contributed by atoms with Gasteiger partial charge in [-0.05, 0) is 45.4 Å². The molecule has 11 heavy (non-hydrogen) atoms. The van der Waals surface area contributed by atoms with Crippen molar-refractivity contribution in [3.63, 3.8) is 0 Å². The van der Waals surface area contributed by atoms with Gasteiger partial charge in [0.1, 0.15) is 0 Å². The molecule has 2 aliphatic carbocycles. The van der Waals surface area contributed by atoms with Crippen LogP contribution in [-0.2, 0) is 0 Å². The first-order valence-electron chi connectivity index (χ1n) is 4.59. The first kappa shape index (κ1) is 7.35. The second kappa shape index (κ2) is 2.34. The van der Waals surface area contributed by atoms with Gasteiger partial charge >= 0.3 is 0 Å². The molecule has 0 spiro atoms. The van der Waals surface area contributed by atoms with E-state index in [2.05, 4.69) is 0 Å². The van der Waals surface area contributed by atoms with Gasteiger partial charge < -0.3 is 5.11 Å². The maximum Gasteiger partial charge on any atom is 0.0693 e. The summed E-state index contributed by atoms with van der Waals surface area (Å²) in [6.45, 7) is 1.96. The smallest absolute Gasteiger partial charge is 0.0693 e. The topological polar surface area (TPSA) is 20.2 Å². The third-order valence-corrected chi connectivity index (χ3v) is 2.90. The molecule has 0 heterocycles. The lowest BCUT2D eigenvalue weighted by Gasteiger charge is -2.15. The fourth-order valence-electron chi connectivity index (χ4n) is 2.44. The molecule has 0 aromatic heterocycles. The van der Waals surface area contributed by atoms with E-state index in [0.29, 0.717) is 0 Å². The predicted molar refractivity (Wildman–Crippen MR) is 45.4 cm³/mol. The molecule has 0 bridgehead atoms. The Bertz CT molecular complexity index is 181. The van der Waals surface area contributed by atoms with Gasteiger partial charge in [0.25, 0.3) is 0 Å². The Kier molecular flexibility index (Phi) is 1.57. The summed E-state index contributed by atoms with van der Waals surface area (Å²) in [5.74, 6) is 0. The van der Waals surface area contributed by atoms with Crippen LogP contribution >= 0.6 is 0 Å². The van der Waals surface area contributed by atoms with Gasteiger partial charge in [-0.1, -0.05) is 11.1 Å². The first-order chi connectivity index (χ1) is 5.17. The zero-order valence-corrected chi connectivity index (χ0v) is 7.19. The molecule has 0 unspecified atom stereocenters. The predicted octanol–water partition coefficient (Wildman–Crippen LogP) is 2.40. The molecule has 2 rings (SSSR count). The minimum Gasteiger partial charge on any atom is -0.390 e. The van der Waals surface area contributed by atoms with E-state index in [9.17, 15) is 5.11 Å². The largest absolute Gasteiger partial charge is 0.390 e. The number of rotatable bonds is 0. The van der Waals surface area contributed by atoms with E-state index >= 15 is 0 Å². The number of aliphatic hydroxyl groups is 1. The Morgan fingerprint density at radius 2 is 1.55 bits per heavy atom. The highest BCUT2D eigenvalue weighted by atomic mass is 16.3. The summed E-state index contributed by atoms with van der Waals surface area (Å²) >= 11 is 0. The van der Waals surface area contributed by atoms with E-state index in [-0.39, 0.29) is 0 Å². The van der Waals surface area contributed by atoms with Gasteiger partial charge in [-0.15, -0.1) is 0 Å². The molecule has 1 N–H and O–H groups in total. The zero-order valence-electron chi connectivity index (χ0n) is 7.19. The van der Waals surface area contributed by atoms with Crippen molar-refractivity contribution in [2.45, 2.75) is 51.0 Å². The number of hydrogen-bond donors (Lipinski definition) is 1. The van der Waals surface area contributed by atoms with Crippen LogP contribution in [0.1, 0.15) is 45.4 Å². The highest BCUT2D eigenvalue weighted by Gasteiger charge is 2.32. The van der Waals surface area contributed by atoms with Crippen LogP contribution in [0.2, 0.25) is 0 Å². The molecule has 0 fully saturated rings. The van der Waals surface area contributed by atoms with Crippen LogP contribution in [0.15, 0.2) is 11.1 Å². The van der Waals surface area contributed by atoms with Crippen molar-refractivity contribution in [2.75, 3.05) is 0 Å². The summed E-state index contributed by atoms with van der Waals surface area (Å²) in [5, 5.41) is 9.78. The van der Waals surface area contributed by atoms with E-state index in [1.807, 2.05) is 6.92 Å². The molecule has 0 radical (unpaired) electrons. The molecule has 1 nitrogen and oxygen atoms in total. The Labute approximate surface area is 68.1 Å². The molecule has 0 aromatic carbocycles. The van der Waals surface area contributed by atoms with Gasteiger partial charge in [0.15, 0.2) is 0 Å². The quantitative estimate of drug-likeness (QED) is 0.528. The van der Waals surface area contributed by atoms with Crippen molar-refractivity contribution in [1.82, 2.24) is 0 Å². The Morgan fingerprint density at radius 3 is 2.00 bits per heavy atom. The van der Waals surface area contributed by atoms with Crippen LogP contribution < -0.4 is 0 Å². The van der Waals surface area contributed by atoms with Crippen LogP contribution in [0.25, 0.3) is 0 Å². The standard InChI is InChI=1S/C10H16O/c1-10(11)6-8-4-2-3-5-9(8)7-10/h11H,2-7H2,1H3. The lowest BCUT2D eigenvalue weighted by molar-refractivity contribution is 0.0707. The summed E-state index contributed by atoms with van der Waals surface area (Å²) in [6, 6.07) is 0. The SMILES string of the molecule is CC1(O)CC2=C(CCCC2)C1. The molecule has 0 saturated heterocycles.